The van der Waals surface area contributed by atoms with Crippen LogP contribution < -0.4 is 4.72 Å². The minimum absolute atomic E-state index is 0.112. The number of ether oxygens (including phenoxy) is 1. The first-order chi connectivity index (χ1) is 3.41. The Balaban J connectivity index is 2.45. The quantitative estimate of drug-likeness (QED) is 0.442. The molecule has 4 heteroatoms. The Labute approximate surface area is 46.9 Å². The predicted molar refractivity (Wildman–Crippen MR) is 28.6 cm³/mol. The zero-order chi connectivity index (χ0) is 5.54. The van der Waals surface area contributed by atoms with Crippen LogP contribution in [0.15, 0.2) is 0 Å². The van der Waals surface area contributed by atoms with Crippen molar-refractivity contribution >= 4 is 12.3 Å². The molecule has 0 aliphatic rings. The molecule has 0 heterocycles. The number of rotatable bonds is 4. The van der Waals surface area contributed by atoms with Gasteiger partial charge in [-0.1, -0.05) is 0 Å². The predicted octanol–water partition coefficient (Wildman–Crippen LogP) is 0.755. The molecule has 0 fully saturated rings. The van der Waals surface area contributed by atoms with Crippen LogP contribution in [0, 0.1) is 0 Å². The van der Waals surface area contributed by atoms with Gasteiger partial charge in [-0.3, -0.25) is 0 Å². The first-order valence-electron chi connectivity index (χ1n) is 1.91. The van der Waals surface area contributed by atoms with Gasteiger partial charge in [0.05, 0.1) is 6.61 Å². The third kappa shape index (κ3) is 6.20. The van der Waals surface area contributed by atoms with Crippen molar-refractivity contribution in [3.05, 3.63) is 0 Å². The van der Waals surface area contributed by atoms with Gasteiger partial charge >= 0.3 is 0 Å². The van der Waals surface area contributed by atoms with E-state index >= 15 is 0 Å². The van der Waals surface area contributed by atoms with Gasteiger partial charge in [0.2, 0.25) is 0 Å². The number of hydrogen-bond donors (Lipinski definition) is 1. The Kier molecular flexibility index (Phi) is 6.38. The van der Waals surface area contributed by atoms with E-state index in [4.69, 9.17) is 0 Å². The molecule has 0 aromatic rings. The van der Waals surface area contributed by atoms with E-state index in [2.05, 4.69) is 9.46 Å². The molecule has 0 aromatic carbocycles. The van der Waals surface area contributed by atoms with Crippen molar-refractivity contribution in [2.45, 2.75) is 0 Å². The van der Waals surface area contributed by atoms with Crippen LogP contribution in [-0.4, -0.2) is 20.3 Å². The highest BCUT2D eigenvalue weighted by Gasteiger charge is 1.80. The summed E-state index contributed by atoms with van der Waals surface area (Å²) in [4.78, 5) is 0. The summed E-state index contributed by atoms with van der Waals surface area (Å²) in [5.74, 6) is 0. The summed E-state index contributed by atoms with van der Waals surface area (Å²) in [6.07, 6.45) is 0. The fraction of sp³-hybridized carbons (Fsp3) is 1.00. The molecule has 0 aromatic heterocycles. The molecule has 7 heavy (non-hydrogen) atoms. The highest BCUT2D eigenvalue weighted by molar-refractivity contribution is 7.92. The van der Waals surface area contributed by atoms with E-state index in [0.29, 0.717) is 13.2 Å². The van der Waals surface area contributed by atoms with Crippen LogP contribution in [0.3, 0.4) is 0 Å². The second-order valence-electron chi connectivity index (χ2n) is 0.964. The van der Waals surface area contributed by atoms with Crippen LogP contribution in [0.2, 0.25) is 0 Å². The third-order valence-electron chi connectivity index (χ3n) is 0.463. The third-order valence-corrected chi connectivity index (χ3v) is 0.776. The lowest BCUT2D eigenvalue weighted by atomic mass is 10.7. The Hall–Kier alpha value is 0.200. The molecule has 0 saturated heterocycles. The number of nitrogens with one attached hydrogen (secondary N) is 1. The van der Waals surface area contributed by atoms with Gasteiger partial charge in [-0.2, -0.15) is 0 Å². The smallest absolute Gasteiger partial charge is 0.131 e. The molecule has 2 nitrogen and oxygen atoms in total. The van der Waals surface area contributed by atoms with Gasteiger partial charge in [-0.25, -0.2) is 4.72 Å². The Morgan fingerprint density at radius 2 is 2.57 bits per heavy atom. The molecule has 0 amide bonds. The minimum Gasteiger partial charge on any atom is -0.383 e. The van der Waals surface area contributed by atoms with Crippen molar-refractivity contribution < 1.29 is 8.62 Å². The van der Waals surface area contributed by atoms with Gasteiger partial charge in [-0.05, 0) is 0 Å². The molecule has 0 bridgehead atoms. The van der Waals surface area contributed by atoms with Gasteiger partial charge in [0.1, 0.15) is 12.3 Å². The first kappa shape index (κ1) is 7.20. The van der Waals surface area contributed by atoms with Crippen molar-refractivity contribution in [2.75, 3.05) is 20.3 Å². The summed E-state index contributed by atoms with van der Waals surface area (Å²) in [5.41, 5.74) is 0. The molecule has 0 atom stereocenters. The van der Waals surface area contributed by atoms with E-state index < -0.39 is 0 Å². The highest BCUT2D eigenvalue weighted by atomic mass is 32.2. The summed E-state index contributed by atoms with van der Waals surface area (Å²) < 4.78 is 18.0. The zero-order valence-electron chi connectivity index (χ0n) is 4.11. The maximum absolute atomic E-state index is 11.1. The molecule has 0 saturated carbocycles. The van der Waals surface area contributed by atoms with Gasteiger partial charge in [0, 0.05) is 13.7 Å². The summed E-state index contributed by atoms with van der Waals surface area (Å²) in [5, 5.41) is 0. The lowest BCUT2D eigenvalue weighted by molar-refractivity contribution is 0.205. The van der Waals surface area contributed by atoms with Gasteiger partial charge < -0.3 is 4.74 Å². The molecule has 0 radical (unpaired) electrons. The van der Waals surface area contributed by atoms with E-state index in [0.717, 1.165) is 0 Å². The van der Waals surface area contributed by atoms with E-state index in [1.54, 1.807) is 7.11 Å². The Morgan fingerprint density at radius 3 is 3.00 bits per heavy atom. The molecule has 1 N–H and O–H groups in total. The highest BCUT2D eigenvalue weighted by Crippen LogP contribution is 1.88. The van der Waals surface area contributed by atoms with Crippen molar-refractivity contribution in [3.63, 3.8) is 0 Å². The topological polar surface area (TPSA) is 21.3 Å². The fourth-order valence-corrected chi connectivity index (χ4v) is 0.343. The zero-order valence-corrected chi connectivity index (χ0v) is 4.93. The second kappa shape index (κ2) is 6.20. The summed E-state index contributed by atoms with van der Waals surface area (Å²) in [7, 11) is 1.57. The molecule has 0 aliphatic carbocycles. The largest absolute Gasteiger partial charge is 0.383 e. The van der Waals surface area contributed by atoms with Crippen LogP contribution >= 0.6 is 12.3 Å². The SMILES string of the molecule is COCCNSF. The summed E-state index contributed by atoms with van der Waals surface area (Å²) in [6, 6.07) is 0. The summed E-state index contributed by atoms with van der Waals surface area (Å²) in [6.45, 7) is 1.11. The van der Waals surface area contributed by atoms with Crippen LogP contribution in [0.25, 0.3) is 0 Å². The minimum atomic E-state index is 0.112. The Morgan fingerprint density at radius 1 is 1.86 bits per heavy atom. The Bertz CT molecular complexity index is 34.1. The van der Waals surface area contributed by atoms with Gasteiger partial charge in [0.15, 0.2) is 0 Å². The van der Waals surface area contributed by atoms with Crippen LogP contribution in [-0.2, 0) is 4.74 Å². The maximum Gasteiger partial charge on any atom is 0.131 e. The molecule has 0 spiro atoms. The summed E-state index contributed by atoms with van der Waals surface area (Å²) >= 11 is 0.112. The molecular formula is C3H8FNOS. The van der Waals surface area contributed by atoms with E-state index in [1.807, 2.05) is 0 Å². The molecule has 0 aliphatic heterocycles. The average Bonchev–Trinajstić information content (AvgIpc) is 1.69. The fourth-order valence-electron chi connectivity index (χ4n) is 0.182. The van der Waals surface area contributed by atoms with Crippen LogP contribution in [0.4, 0.5) is 3.89 Å². The number of methoxy groups -OCH3 is 1. The average molecular weight is 125 g/mol. The number of halogens is 1. The van der Waals surface area contributed by atoms with Crippen molar-refractivity contribution in [1.29, 1.82) is 0 Å². The van der Waals surface area contributed by atoms with E-state index in [9.17, 15) is 3.89 Å². The van der Waals surface area contributed by atoms with Crippen molar-refractivity contribution in [3.8, 4) is 0 Å². The second-order valence-corrected chi connectivity index (χ2v) is 1.41. The number of hydrogen-bond acceptors (Lipinski definition) is 3. The molecule has 0 unspecified atom stereocenters. The van der Waals surface area contributed by atoms with Crippen molar-refractivity contribution in [2.24, 2.45) is 0 Å². The molecular weight excluding hydrogens is 117 g/mol. The lowest BCUT2D eigenvalue weighted by Crippen LogP contribution is -2.08. The standard InChI is InChI=1S/C3H8FNOS/c1-6-3-2-5-7-4/h5H,2-3H2,1H3. The normalized spacial score (nSPS) is 9.43. The lowest BCUT2D eigenvalue weighted by Gasteiger charge is -1.93. The monoisotopic (exact) mass is 125 g/mol. The first-order valence-corrected chi connectivity index (χ1v) is 2.63. The maximum atomic E-state index is 11.1. The molecule has 44 valence electrons. The van der Waals surface area contributed by atoms with Gasteiger partial charge in [0.25, 0.3) is 0 Å². The molecule has 0 rings (SSSR count). The van der Waals surface area contributed by atoms with E-state index in [-0.39, 0.29) is 12.3 Å². The van der Waals surface area contributed by atoms with Crippen molar-refractivity contribution in [1.82, 2.24) is 4.72 Å². The van der Waals surface area contributed by atoms with Crippen LogP contribution in [0.5, 0.6) is 0 Å². The van der Waals surface area contributed by atoms with Gasteiger partial charge in [-0.15, -0.1) is 3.89 Å². The van der Waals surface area contributed by atoms with Crippen LogP contribution in [0.1, 0.15) is 0 Å². The van der Waals surface area contributed by atoms with E-state index in [1.165, 1.54) is 0 Å².